The Labute approximate surface area is 198 Å². The molecule has 3 aromatic rings. The molecule has 0 saturated heterocycles. The van der Waals surface area contributed by atoms with Crippen molar-refractivity contribution in [3.63, 3.8) is 0 Å². The molecule has 1 aliphatic heterocycles. The number of nitrogens with one attached hydrogen (secondary N) is 2. The van der Waals surface area contributed by atoms with E-state index in [9.17, 15) is 4.79 Å². The molecule has 0 amide bonds. The largest absolute Gasteiger partial charge is 0.357 e. The van der Waals surface area contributed by atoms with Crippen LogP contribution < -0.4 is 15.5 Å². The lowest BCUT2D eigenvalue weighted by Crippen LogP contribution is -2.41. The molecule has 0 fully saturated rings. The normalized spacial score (nSPS) is 19.5. The Kier molecular flexibility index (Phi) is 5.35. The van der Waals surface area contributed by atoms with Gasteiger partial charge in [0, 0.05) is 28.3 Å². The van der Waals surface area contributed by atoms with Crippen LogP contribution in [0, 0.1) is 5.41 Å². The molecule has 1 aromatic heterocycles. The zero-order valence-corrected chi connectivity index (χ0v) is 19.7. The number of hydrogen-bond acceptors (Lipinski definition) is 4. The minimum Gasteiger partial charge on any atom is -0.357 e. The fourth-order valence-electron chi connectivity index (χ4n) is 4.63. The van der Waals surface area contributed by atoms with Gasteiger partial charge in [-0.2, -0.15) is 0 Å². The number of anilines is 3. The third-order valence-electron chi connectivity index (χ3n) is 5.96. The molecule has 2 N–H and O–H groups in total. The van der Waals surface area contributed by atoms with E-state index < -0.39 is 0 Å². The van der Waals surface area contributed by atoms with E-state index in [4.69, 9.17) is 12.2 Å². The van der Waals surface area contributed by atoms with Gasteiger partial charge in [0.1, 0.15) is 6.04 Å². The van der Waals surface area contributed by atoms with Gasteiger partial charge >= 0.3 is 0 Å². The van der Waals surface area contributed by atoms with E-state index in [-0.39, 0.29) is 17.2 Å². The number of carbonyl (C=O) groups is 1. The Balaban J connectivity index is 1.70. The molecule has 32 heavy (non-hydrogen) atoms. The predicted octanol–water partition coefficient (Wildman–Crippen LogP) is 6.76. The van der Waals surface area contributed by atoms with Gasteiger partial charge in [-0.15, -0.1) is 11.3 Å². The first kappa shape index (κ1) is 20.9. The van der Waals surface area contributed by atoms with Gasteiger partial charge in [-0.05, 0) is 59.8 Å². The molecule has 0 radical (unpaired) electrons. The number of rotatable bonds is 2. The quantitative estimate of drug-likeness (QED) is 0.415. The van der Waals surface area contributed by atoms with Crippen molar-refractivity contribution in [2.75, 3.05) is 15.5 Å². The Bertz CT molecular complexity index is 1200. The van der Waals surface area contributed by atoms with Gasteiger partial charge in [0.15, 0.2) is 10.9 Å². The number of hydrogen-bond donors (Lipinski definition) is 2. The highest BCUT2D eigenvalue weighted by molar-refractivity contribution is 7.80. The van der Waals surface area contributed by atoms with Crippen molar-refractivity contribution in [3.05, 3.63) is 88.3 Å². The minimum absolute atomic E-state index is 0.0875. The van der Waals surface area contributed by atoms with Crippen molar-refractivity contribution in [2.45, 2.75) is 32.7 Å². The van der Waals surface area contributed by atoms with E-state index >= 15 is 0 Å². The van der Waals surface area contributed by atoms with E-state index in [1.807, 2.05) is 48.5 Å². The second-order valence-electron chi connectivity index (χ2n) is 9.06. The van der Waals surface area contributed by atoms with Gasteiger partial charge in [-0.3, -0.25) is 4.79 Å². The first-order valence-corrected chi connectivity index (χ1v) is 12.0. The number of fused-ring (bicyclic) bond motifs is 1. The maximum atomic E-state index is 13.6. The number of allylic oxidation sites excluding steroid dienone is 1. The molecule has 2 aromatic carbocycles. The van der Waals surface area contributed by atoms with Crippen LogP contribution in [0.15, 0.2) is 83.4 Å². The van der Waals surface area contributed by atoms with Crippen molar-refractivity contribution in [3.8, 4) is 0 Å². The van der Waals surface area contributed by atoms with E-state index in [1.54, 1.807) is 11.3 Å². The zero-order chi connectivity index (χ0) is 22.3. The SMILES string of the molecule is CC1(C)CC(=O)C2=C(C1)Nc1ccccc1N(C(=S)Nc1ccccc1)[C@@H]2c1cccs1. The van der Waals surface area contributed by atoms with Crippen LogP contribution in [0.1, 0.15) is 37.6 Å². The van der Waals surface area contributed by atoms with E-state index in [0.717, 1.165) is 39.6 Å². The predicted molar refractivity (Wildman–Crippen MR) is 137 cm³/mol. The highest BCUT2D eigenvalue weighted by Gasteiger charge is 2.42. The topological polar surface area (TPSA) is 44.4 Å². The molecule has 0 spiro atoms. The summed E-state index contributed by atoms with van der Waals surface area (Å²) in [7, 11) is 0. The molecule has 2 aliphatic rings. The number of carbonyl (C=O) groups excluding carboxylic acids is 1. The van der Waals surface area contributed by atoms with E-state index in [1.165, 1.54) is 0 Å². The highest BCUT2D eigenvalue weighted by atomic mass is 32.1. The molecule has 0 bridgehead atoms. The van der Waals surface area contributed by atoms with E-state index in [2.05, 4.69) is 53.0 Å². The first-order valence-electron chi connectivity index (χ1n) is 10.7. The fraction of sp³-hybridized carbons (Fsp3) is 0.231. The Hall–Kier alpha value is -2.96. The molecule has 6 heteroatoms. The number of thiocarbonyl (C=S) groups is 1. The Morgan fingerprint density at radius 2 is 1.81 bits per heavy atom. The van der Waals surface area contributed by atoms with Gasteiger partial charge in [-0.25, -0.2) is 0 Å². The first-order chi connectivity index (χ1) is 15.4. The van der Waals surface area contributed by atoms with Crippen LogP contribution >= 0.6 is 23.6 Å². The molecule has 162 valence electrons. The molecule has 5 rings (SSSR count). The molecule has 1 aliphatic carbocycles. The van der Waals surface area contributed by atoms with Crippen LogP contribution in [0.2, 0.25) is 0 Å². The van der Waals surface area contributed by atoms with Crippen molar-refractivity contribution in [1.82, 2.24) is 0 Å². The summed E-state index contributed by atoms with van der Waals surface area (Å²) < 4.78 is 0. The molecule has 0 saturated carbocycles. The molecule has 0 unspecified atom stereocenters. The third-order valence-corrected chi connectivity index (χ3v) is 7.18. The van der Waals surface area contributed by atoms with Gasteiger partial charge in [0.05, 0.1) is 11.4 Å². The van der Waals surface area contributed by atoms with Crippen molar-refractivity contribution in [2.24, 2.45) is 5.41 Å². The summed E-state index contributed by atoms with van der Waals surface area (Å²) in [5.41, 5.74) is 4.57. The average molecular weight is 460 g/mol. The summed E-state index contributed by atoms with van der Waals surface area (Å²) in [4.78, 5) is 16.8. The van der Waals surface area contributed by atoms with Crippen LogP contribution in [-0.2, 0) is 4.79 Å². The number of nitrogens with zero attached hydrogens (tertiary/aromatic N) is 1. The summed E-state index contributed by atoms with van der Waals surface area (Å²) in [6.07, 6.45) is 1.34. The van der Waals surface area contributed by atoms with Crippen LogP contribution in [0.25, 0.3) is 0 Å². The Morgan fingerprint density at radius 3 is 2.56 bits per heavy atom. The van der Waals surface area contributed by atoms with Gasteiger partial charge < -0.3 is 15.5 Å². The number of benzene rings is 2. The summed E-state index contributed by atoms with van der Waals surface area (Å²) in [6.45, 7) is 4.32. The van der Waals surface area contributed by atoms with Crippen LogP contribution in [0.4, 0.5) is 17.1 Å². The number of ketones is 1. The molecule has 1 atom stereocenters. The second-order valence-corrected chi connectivity index (χ2v) is 10.4. The van der Waals surface area contributed by atoms with E-state index in [0.29, 0.717) is 11.5 Å². The maximum absolute atomic E-state index is 13.6. The van der Waals surface area contributed by atoms with Crippen molar-refractivity contribution in [1.29, 1.82) is 0 Å². The molecular formula is C26H25N3OS2. The third kappa shape index (κ3) is 3.85. The monoisotopic (exact) mass is 459 g/mol. The second kappa shape index (κ2) is 8.19. The summed E-state index contributed by atoms with van der Waals surface area (Å²) >= 11 is 7.63. The molecular weight excluding hydrogens is 434 g/mol. The lowest BCUT2D eigenvalue weighted by Gasteiger charge is -2.37. The number of thiophene rings is 1. The maximum Gasteiger partial charge on any atom is 0.178 e. The number of para-hydroxylation sites is 3. The van der Waals surface area contributed by atoms with Gasteiger partial charge in [-0.1, -0.05) is 50.2 Å². The van der Waals surface area contributed by atoms with Crippen LogP contribution in [-0.4, -0.2) is 10.9 Å². The van der Waals surface area contributed by atoms with Crippen LogP contribution in [0.5, 0.6) is 0 Å². The smallest absolute Gasteiger partial charge is 0.178 e. The Morgan fingerprint density at radius 1 is 1.06 bits per heavy atom. The molecule has 4 nitrogen and oxygen atoms in total. The minimum atomic E-state index is -0.284. The standard InChI is InChI=1S/C26H25N3OS2/c1-26(2)15-19-23(21(30)16-26)24(22-13-8-14-32-22)29(20-12-7-6-11-18(20)28-19)25(31)27-17-9-4-3-5-10-17/h3-14,24,28H,15-16H2,1-2H3,(H,27,31)/t24-/m1/s1. The summed E-state index contributed by atoms with van der Waals surface area (Å²) in [5.74, 6) is 0.183. The average Bonchev–Trinajstić information content (AvgIpc) is 3.23. The lowest BCUT2D eigenvalue weighted by molar-refractivity contribution is -0.118. The van der Waals surface area contributed by atoms with Crippen LogP contribution in [0.3, 0.4) is 0 Å². The van der Waals surface area contributed by atoms with Crippen molar-refractivity contribution >= 4 is 51.5 Å². The summed E-state index contributed by atoms with van der Waals surface area (Å²) in [5, 5.41) is 9.65. The number of Topliss-reactive ketones (excluding diaryl/α,β-unsaturated/α-hetero) is 1. The zero-order valence-electron chi connectivity index (χ0n) is 18.1. The highest BCUT2D eigenvalue weighted by Crippen LogP contribution is 2.49. The van der Waals surface area contributed by atoms with Crippen molar-refractivity contribution < 1.29 is 4.79 Å². The van der Waals surface area contributed by atoms with Gasteiger partial charge in [0.25, 0.3) is 0 Å². The van der Waals surface area contributed by atoms with Gasteiger partial charge in [0.2, 0.25) is 0 Å². The fourth-order valence-corrected chi connectivity index (χ4v) is 5.78. The lowest BCUT2D eigenvalue weighted by atomic mass is 9.74. The summed E-state index contributed by atoms with van der Waals surface area (Å²) in [6, 6.07) is 21.9. The molecule has 2 heterocycles.